The van der Waals surface area contributed by atoms with Crippen molar-refractivity contribution in [3.8, 4) is 0 Å². The van der Waals surface area contributed by atoms with Crippen LogP contribution in [-0.2, 0) is 19.0 Å². The number of nitro benzene ring substituents is 1. The summed E-state index contributed by atoms with van der Waals surface area (Å²) in [4.78, 5) is 36.5. The first kappa shape index (κ1) is 19.6. The van der Waals surface area contributed by atoms with E-state index in [0.717, 1.165) is 6.07 Å². The molecule has 0 bridgehead atoms. The Labute approximate surface area is 151 Å². The molecule has 0 amide bonds. The van der Waals surface area contributed by atoms with Crippen LogP contribution in [0.2, 0.25) is 0 Å². The van der Waals surface area contributed by atoms with Crippen molar-refractivity contribution in [2.24, 2.45) is 0 Å². The second-order valence-corrected chi connectivity index (χ2v) is 6.72. The molecule has 0 aromatic heterocycles. The zero-order valence-electron chi connectivity index (χ0n) is 15.0. The summed E-state index contributed by atoms with van der Waals surface area (Å²) in [7, 11) is 0. The summed E-state index contributed by atoms with van der Waals surface area (Å²) in [5, 5.41) is 11.0. The predicted molar refractivity (Wildman–Crippen MR) is 92.3 cm³/mol. The van der Waals surface area contributed by atoms with Gasteiger partial charge in [-0.15, -0.1) is 0 Å². The Morgan fingerprint density at radius 3 is 2.50 bits per heavy atom. The number of benzene rings is 1. The number of hydrogen-bond acceptors (Lipinski definition) is 8. The van der Waals surface area contributed by atoms with Crippen LogP contribution in [0.4, 0.5) is 11.4 Å². The SMILES string of the molecule is CC(C)(C)OC(=O)COC(=O)c1cc([N+](=O)[O-])ccc1N1CCOCC1. The fourth-order valence-corrected chi connectivity index (χ4v) is 2.45. The van der Waals surface area contributed by atoms with Gasteiger partial charge in [-0.3, -0.25) is 10.1 Å². The number of carbonyl (C=O) groups excluding carboxylic acids is 2. The molecule has 2 rings (SSSR count). The van der Waals surface area contributed by atoms with Crippen LogP contribution in [0, 0.1) is 10.1 Å². The number of rotatable bonds is 5. The average Bonchev–Trinajstić information content (AvgIpc) is 2.58. The normalized spacial score (nSPS) is 14.7. The van der Waals surface area contributed by atoms with Crippen LogP contribution >= 0.6 is 0 Å². The molecule has 0 aliphatic carbocycles. The van der Waals surface area contributed by atoms with E-state index >= 15 is 0 Å². The summed E-state index contributed by atoms with van der Waals surface area (Å²) in [5.41, 5.74) is -0.391. The van der Waals surface area contributed by atoms with Gasteiger partial charge in [0.2, 0.25) is 0 Å². The summed E-state index contributed by atoms with van der Waals surface area (Å²) < 4.78 is 15.4. The molecule has 1 saturated heterocycles. The number of carbonyl (C=O) groups is 2. The topological polar surface area (TPSA) is 108 Å². The van der Waals surface area contributed by atoms with Gasteiger partial charge in [-0.05, 0) is 26.8 Å². The van der Waals surface area contributed by atoms with Gasteiger partial charge in [-0.2, -0.15) is 0 Å². The minimum absolute atomic E-state index is 0.0321. The quantitative estimate of drug-likeness (QED) is 0.442. The monoisotopic (exact) mass is 366 g/mol. The minimum atomic E-state index is -0.818. The first-order valence-electron chi connectivity index (χ1n) is 8.17. The third-order valence-electron chi connectivity index (χ3n) is 3.50. The fourth-order valence-electron chi connectivity index (χ4n) is 2.45. The molecule has 142 valence electrons. The lowest BCUT2D eigenvalue weighted by molar-refractivity contribution is -0.384. The molecule has 1 aliphatic heterocycles. The number of esters is 2. The van der Waals surface area contributed by atoms with E-state index in [-0.39, 0.29) is 11.3 Å². The van der Waals surface area contributed by atoms with E-state index in [2.05, 4.69) is 0 Å². The van der Waals surface area contributed by atoms with E-state index in [0.29, 0.717) is 32.0 Å². The Kier molecular flexibility index (Phi) is 6.14. The smallest absolute Gasteiger partial charge is 0.344 e. The Morgan fingerprint density at radius 1 is 1.27 bits per heavy atom. The molecule has 1 fully saturated rings. The third kappa shape index (κ3) is 5.41. The molecule has 0 radical (unpaired) electrons. The highest BCUT2D eigenvalue weighted by atomic mass is 16.6. The van der Waals surface area contributed by atoms with Crippen LogP contribution in [0.5, 0.6) is 0 Å². The molecule has 1 heterocycles. The van der Waals surface area contributed by atoms with E-state index in [1.807, 2.05) is 4.90 Å². The molecular weight excluding hydrogens is 344 g/mol. The van der Waals surface area contributed by atoms with Gasteiger partial charge in [-0.25, -0.2) is 9.59 Å². The molecule has 9 heteroatoms. The van der Waals surface area contributed by atoms with Crippen LogP contribution in [0.3, 0.4) is 0 Å². The van der Waals surface area contributed by atoms with Crippen molar-refractivity contribution in [2.45, 2.75) is 26.4 Å². The molecule has 26 heavy (non-hydrogen) atoms. The molecule has 1 aromatic carbocycles. The molecular formula is C17H22N2O7. The number of nitro groups is 1. The van der Waals surface area contributed by atoms with Gasteiger partial charge in [-0.1, -0.05) is 0 Å². The van der Waals surface area contributed by atoms with Crippen molar-refractivity contribution in [1.82, 2.24) is 0 Å². The largest absolute Gasteiger partial charge is 0.457 e. The Hall–Kier alpha value is -2.68. The van der Waals surface area contributed by atoms with Crippen LogP contribution < -0.4 is 4.90 Å². The highest BCUT2D eigenvalue weighted by Crippen LogP contribution is 2.27. The maximum absolute atomic E-state index is 12.4. The Balaban J connectivity index is 2.18. The van der Waals surface area contributed by atoms with Gasteiger partial charge in [0.1, 0.15) is 5.60 Å². The fraction of sp³-hybridized carbons (Fsp3) is 0.529. The average molecular weight is 366 g/mol. The Morgan fingerprint density at radius 2 is 1.92 bits per heavy atom. The number of anilines is 1. The molecule has 0 saturated carbocycles. The summed E-state index contributed by atoms with van der Waals surface area (Å²) in [6, 6.07) is 3.99. The number of morpholine rings is 1. The number of nitrogens with zero attached hydrogens (tertiary/aromatic N) is 2. The summed E-state index contributed by atoms with van der Waals surface area (Å²) in [5.74, 6) is -1.51. The number of non-ortho nitro benzene ring substituents is 1. The lowest BCUT2D eigenvalue weighted by Gasteiger charge is -2.30. The van der Waals surface area contributed by atoms with Crippen LogP contribution in [0.25, 0.3) is 0 Å². The lowest BCUT2D eigenvalue weighted by Crippen LogP contribution is -2.37. The summed E-state index contributed by atoms with van der Waals surface area (Å²) >= 11 is 0. The van der Waals surface area contributed by atoms with Crippen molar-refractivity contribution >= 4 is 23.3 Å². The molecule has 1 aliphatic rings. The van der Waals surface area contributed by atoms with Crippen LogP contribution in [0.15, 0.2) is 18.2 Å². The van der Waals surface area contributed by atoms with Crippen molar-refractivity contribution in [3.63, 3.8) is 0 Å². The van der Waals surface area contributed by atoms with Gasteiger partial charge in [0.25, 0.3) is 5.69 Å². The van der Waals surface area contributed by atoms with E-state index < -0.39 is 29.1 Å². The van der Waals surface area contributed by atoms with E-state index in [1.54, 1.807) is 20.8 Å². The molecule has 0 N–H and O–H groups in total. The van der Waals surface area contributed by atoms with Crippen LogP contribution in [0.1, 0.15) is 31.1 Å². The minimum Gasteiger partial charge on any atom is -0.457 e. The molecule has 9 nitrogen and oxygen atoms in total. The zero-order valence-corrected chi connectivity index (χ0v) is 15.0. The maximum atomic E-state index is 12.4. The molecule has 0 atom stereocenters. The molecule has 0 unspecified atom stereocenters. The molecule has 1 aromatic rings. The van der Waals surface area contributed by atoms with Gasteiger partial charge < -0.3 is 19.1 Å². The zero-order chi connectivity index (χ0) is 19.3. The summed E-state index contributed by atoms with van der Waals surface area (Å²) in [6.45, 7) is 6.60. The second kappa shape index (κ2) is 8.13. The number of hydrogen-bond donors (Lipinski definition) is 0. The first-order valence-corrected chi connectivity index (χ1v) is 8.17. The van der Waals surface area contributed by atoms with Gasteiger partial charge in [0.15, 0.2) is 6.61 Å². The van der Waals surface area contributed by atoms with Gasteiger partial charge >= 0.3 is 11.9 Å². The highest BCUT2D eigenvalue weighted by molar-refractivity contribution is 5.97. The van der Waals surface area contributed by atoms with Crippen molar-refractivity contribution in [2.75, 3.05) is 37.8 Å². The van der Waals surface area contributed by atoms with Crippen molar-refractivity contribution in [3.05, 3.63) is 33.9 Å². The van der Waals surface area contributed by atoms with E-state index in [9.17, 15) is 19.7 Å². The Bertz CT molecular complexity index is 691. The van der Waals surface area contributed by atoms with E-state index in [4.69, 9.17) is 14.2 Å². The van der Waals surface area contributed by atoms with Crippen molar-refractivity contribution in [1.29, 1.82) is 0 Å². The lowest BCUT2D eigenvalue weighted by atomic mass is 10.1. The third-order valence-corrected chi connectivity index (χ3v) is 3.50. The number of ether oxygens (including phenoxy) is 3. The standard InChI is InChI=1S/C17H22N2O7/c1-17(2,3)26-15(20)11-25-16(21)13-10-12(19(22)23)4-5-14(13)18-6-8-24-9-7-18/h4-5,10H,6-9,11H2,1-3H3. The maximum Gasteiger partial charge on any atom is 0.344 e. The van der Waals surface area contributed by atoms with Crippen molar-refractivity contribution < 1.29 is 28.7 Å². The first-order chi connectivity index (χ1) is 12.2. The second-order valence-electron chi connectivity index (χ2n) is 6.72. The summed E-state index contributed by atoms with van der Waals surface area (Å²) in [6.07, 6.45) is 0. The predicted octanol–water partition coefficient (Wildman–Crippen LogP) is 1.93. The van der Waals surface area contributed by atoms with Gasteiger partial charge in [0.05, 0.1) is 29.4 Å². The molecule has 0 spiro atoms. The van der Waals surface area contributed by atoms with Gasteiger partial charge in [0, 0.05) is 25.2 Å². The van der Waals surface area contributed by atoms with E-state index in [1.165, 1.54) is 12.1 Å². The highest BCUT2D eigenvalue weighted by Gasteiger charge is 2.24. The van der Waals surface area contributed by atoms with Crippen LogP contribution in [-0.4, -0.2) is 55.4 Å².